The lowest BCUT2D eigenvalue weighted by molar-refractivity contribution is -0.159. The SMILES string of the molecule is CC#CC(=O)N1CCC(Cc2ccc(OC)cc2)(C(=O)OCC)CC1. The number of ether oxygens (including phenoxy) is 2. The molecule has 0 bridgehead atoms. The minimum absolute atomic E-state index is 0.176. The molecule has 0 atom stereocenters. The summed E-state index contributed by atoms with van der Waals surface area (Å²) in [5, 5.41) is 0. The summed E-state index contributed by atoms with van der Waals surface area (Å²) in [4.78, 5) is 26.3. The second-order valence-electron chi connectivity index (χ2n) is 6.19. The molecule has 1 saturated heterocycles. The van der Waals surface area contributed by atoms with Crippen LogP contribution in [0.25, 0.3) is 0 Å². The first-order valence-electron chi connectivity index (χ1n) is 8.56. The monoisotopic (exact) mass is 343 g/mol. The number of esters is 1. The van der Waals surface area contributed by atoms with Gasteiger partial charge >= 0.3 is 5.97 Å². The maximum atomic E-state index is 12.7. The van der Waals surface area contributed by atoms with Crippen molar-refractivity contribution >= 4 is 11.9 Å². The van der Waals surface area contributed by atoms with Crippen molar-refractivity contribution in [3.63, 3.8) is 0 Å². The fraction of sp³-hybridized carbons (Fsp3) is 0.500. The van der Waals surface area contributed by atoms with Crippen LogP contribution in [0.3, 0.4) is 0 Å². The first-order chi connectivity index (χ1) is 12.0. The Morgan fingerprint density at radius 2 is 1.84 bits per heavy atom. The van der Waals surface area contributed by atoms with Crippen molar-refractivity contribution in [2.75, 3.05) is 26.8 Å². The lowest BCUT2D eigenvalue weighted by atomic mass is 9.73. The van der Waals surface area contributed by atoms with Gasteiger partial charge in [-0.2, -0.15) is 0 Å². The van der Waals surface area contributed by atoms with Crippen molar-refractivity contribution in [1.82, 2.24) is 4.90 Å². The Morgan fingerprint density at radius 3 is 2.36 bits per heavy atom. The van der Waals surface area contributed by atoms with Gasteiger partial charge in [-0.3, -0.25) is 9.59 Å². The fourth-order valence-electron chi connectivity index (χ4n) is 3.20. The van der Waals surface area contributed by atoms with Gasteiger partial charge in [0.15, 0.2) is 0 Å². The van der Waals surface area contributed by atoms with Crippen LogP contribution in [0.15, 0.2) is 24.3 Å². The third-order valence-corrected chi connectivity index (χ3v) is 4.65. The van der Waals surface area contributed by atoms with E-state index in [1.165, 1.54) is 0 Å². The summed E-state index contributed by atoms with van der Waals surface area (Å²) >= 11 is 0. The van der Waals surface area contributed by atoms with Crippen molar-refractivity contribution in [3.8, 4) is 17.6 Å². The van der Waals surface area contributed by atoms with E-state index in [4.69, 9.17) is 9.47 Å². The first-order valence-corrected chi connectivity index (χ1v) is 8.56. The van der Waals surface area contributed by atoms with E-state index in [1.807, 2.05) is 31.2 Å². The molecule has 0 unspecified atom stereocenters. The van der Waals surface area contributed by atoms with Crippen LogP contribution in [0.1, 0.15) is 32.3 Å². The summed E-state index contributed by atoms with van der Waals surface area (Å²) in [6.07, 6.45) is 1.75. The lowest BCUT2D eigenvalue weighted by Crippen LogP contribution is -2.48. The molecular weight excluding hydrogens is 318 g/mol. The zero-order valence-corrected chi connectivity index (χ0v) is 15.1. The Hall–Kier alpha value is -2.48. The molecule has 2 rings (SSSR count). The molecule has 5 nitrogen and oxygen atoms in total. The van der Waals surface area contributed by atoms with E-state index in [0.29, 0.717) is 39.0 Å². The van der Waals surface area contributed by atoms with Gasteiger partial charge in [-0.15, -0.1) is 0 Å². The maximum Gasteiger partial charge on any atom is 0.312 e. The minimum Gasteiger partial charge on any atom is -0.497 e. The van der Waals surface area contributed by atoms with Crippen LogP contribution in [0.4, 0.5) is 0 Å². The number of benzene rings is 1. The van der Waals surface area contributed by atoms with Crippen molar-refractivity contribution in [2.45, 2.75) is 33.1 Å². The number of methoxy groups -OCH3 is 1. The third-order valence-electron chi connectivity index (χ3n) is 4.65. The molecule has 1 aromatic carbocycles. The molecule has 1 heterocycles. The zero-order chi connectivity index (χ0) is 18.3. The van der Waals surface area contributed by atoms with Crippen LogP contribution in [0, 0.1) is 17.3 Å². The van der Waals surface area contributed by atoms with Crippen LogP contribution in [-0.2, 0) is 20.7 Å². The minimum atomic E-state index is -0.596. The Kier molecular flexibility index (Phi) is 6.46. The summed E-state index contributed by atoms with van der Waals surface area (Å²) in [6, 6.07) is 7.73. The number of carbonyl (C=O) groups is 2. The Morgan fingerprint density at radius 1 is 1.20 bits per heavy atom. The van der Waals surface area contributed by atoms with Gasteiger partial charge in [-0.1, -0.05) is 18.1 Å². The Bertz CT molecular complexity index is 661. The van der Waals surface area contributed by atoms with Gasteiger partial charge in [0, 0.05) is 13.1 Å². The average molecular weight is 343 g/mol. The van der Waals surface area contributed by atoms with Gasteiger partial charge < -0.3 is 14.4 Å². The van der Waals surface area contributed by atoms with E-state index >= 15 is 0 Å². The Labute approximate surface area is 149 Å². The molecule has 1 aliphatic heterocycles. The van der Waals surface area contributed by atoms with E-state index in [0.717, 1.165) is 11.3 Å². The molecule has 0 radical (unpaired) electrons. The van der Waals surface area contributed by atoms with Gasteiger partial charge in [0.2, 0.25) is 0 Å². The van der Waals surface area contributed by atoms with E-state index < -0.39 is 5.41 Å². The molecule has 0 N–H and O–H groups in total. The van der Waals surface area contributed by atoms with Crippen LogP contribution >= 0.6 is 0 Å². The van der Waals surface area contributed by atoms with E-state index in [2.05, 4.69) is 11.8 Å². The predicted octanol–water partition coefficient (Wildman–Crippen LogP) is 2.43. The highest BCUT2D eigenvalue weighted by molar-refractivity contribution is 5.93. The van der Waals surface area contributed by atoms with Crippen LogP contribution < -0.4 is 4.74 Å². The lowest BCUT2D eigenvalue weighted by Gasteiger charge is -2.39. The third kappa shape index (κ3) is 4.54. The number of rotatable bonds is 5. The fourth-order valence-corrected chi connectivity index (χ4v) is 3.20. The topological polar surface area (TPSA) is 55.8 Å². The zero-order valence-electron chi connectivity index (χ0n) is 15.1. The van der Waals surface area contributed by atoms with E-state index in [-0.39, 0.29) is 11.9 Å². The van der Waals surface area contributed by atoms with E-state index in [9.17, 15) is 9.59 Å². The number of hydrogen-bond acceptors (Lipinski definition) is 4. The van der Waals surface area contributed by atoms with E-state index in [1.54, 1.807) is 18.9 Å². The molecule has 25 heavy (non-hydrogen) atoms. The van der Waals surface area contributed by atoms with Gasteiger partial charge in [-0.25, -0.2) is 0 Å². The highest BCUT2D eigenvalue weighted by atomic mass is 16.5. The standard InChI is InChI=1S/C20H25NO4/c1-4-6-18(22)21-13-11-20(12-14-21,19(23)25-5-2)15-16-7-9-17(24-3)10-8-16/h7-10H,5,11-15H2,1-3H3. The molecule has 0 spiro atoms. The summed E-state index contributed by atoms with van der Waals surface area (Å²) in [6.45, 7) is 4.85. The smallest absolute Gasteiger partial charge is 0.312 e. The number of hydrogen-bond donors (Lipinski definition) is 0. The van der Waals surface area contributed by atoms with Crippen molar-refractivity contribution in [3.05, 3.63) is 29.8 Å². The Balaban J connectivity index is 2.16. The molecule has 1 aromatic rings. The van der Waals surface area contributed by atoms with Gasteiger partial charge in [-0.05, 0) is 56.7 Å². The quantitative estimate of drug-likeness (QED) is 0.609. The normalized spacial score (nSPS) is 15.7. The molecule has 0 saturated carbocycles. The predicted molar refractivity (Wildman–Crippen MR) is 95.0 cm³/mol. The summed E-state index contributed by atoms with van der Waals surface area (Å²) < 4.78 is 10.5. The molecule has 1 aliphatic rings. The molecule has 1 amide bonds. The molecule has 5 heteroatoms. The van der Waals surface area contributed by atoms with Crippen LogP contribution in [-0.4, -0.2) is 43.6 Å². The largest absolute Gasteiger partial charge is 0.497 e. The molecule has 134 valence electrons. The average Bonchev–Trinajstić information content (AvgIpc) is 2.63. The molecule has 0 aliphatic carbocycles. The summed E-state index contributed by atoms with van der Waals surface area (Å²) in [5.74, 6) is 5.63. The van der Waals surface area contributed by atoms with Crippen LogP contribution in [0.5, 0.6) is 5.75 Å². The number of likely N-dealkylation sites (tertiary alicyclic amines) is 1. The molecular formula is C20H25NO4. The number of nitrogens with zero attached hydrogens (tertiary/aromatic N) is 1. The van der Waals surface area contributed by atoms with Gasteiger partial charge in [0.1, 0.15) is 5.75 Å². The van der Waals surface area contributed by atoms with Crippen molar-refractivity contribution in [1.29, 1.82) is 0 Å². The summed E-state index contributed by atoms with van der Waals surface area (Å²) in [5.41, 5.74) is 0.461. The number of amides is 1. The molecule has 0 aromatic heterocycles. The first kappa shape index (κ1) is 18.9. The molecule has 1 fully saturated rings. The van der Waals surface area contributed by atoms with Crippen molar-refractivity contribution in [2.24, 2.45) is 5.41 Å². The van der Waals surface area contributed by atoms with Gasteiger partial charge in [0.25, 0.3) is 5.91 Å². The van der Waals surface area contributed by atoms with Crippen molar-refractivity contribution < 1.29 is 19.1 Å². The van der Waals surface area contributed by atoms with Gasteiger partial charge in [0.05, 0.1) is 19.1 Å². The second-order valence-corrected chi connectivity index (χ2v) is 6.19. The maximum absolute atomic E-state index is 12.7. The highest BCUT2D eigenvalue weighted by Gasteiger charge is 2.43. The summed E-state index contributed by atoms with van der Waals surface area (Å²) in [7, 11) is 1.63. The second kappa shape index (κ2) is 8.57. The van der Waals surface area contributed by atoms with Crippen LogP contribution in [0.2, 0.25) is 0 Å². The number of piperidine rings is 1. The number of carbonyl (C=O) groups excluding carboxylic acids is 2. The highest BCUT2D eigenvalue weighted by Crippen LogP contribution is 2.37.